The maximum absolute atomic E-state index is 11.5. The van der Waals surface area contributed by atoms with Crippen molar-refractivity contribution in [2.24, 2.45) is 5.41 Å². The summed E-state index contributed by atoms with van der Waals surface area (Å²) in [5.74, 6) is -1.34. The van der Waals surface area contributed by atoms with Crippen LogP contribution in [0.1, 0.15) is 33.6 Å². The standard InChI is InChI=1S/C11H14O3/c1-4-11(2,3)7-5-9(13)10(14)6-8(7)12/h5H,4,6H2,1-3H3. The van der Waals surface area contributed by atoms with Gasteiger partial charge in [-0.25, -0.2) is 0 Å². The molecular weight excluding hydrogens is 180 g/mol. The molecule has 14 heavy (non-hydrogen) atoms. The fourth-order valence-electron chi connectivity index (χ4n) is 1.38. The van der Waals surface area contributed by atoms with Gasteiger partial charge in [-0.2, -0.15) is 0 Å². The maximum Gasteiger partial charge on any atom is 0.222 e. The Morgan fingerprint density at radius 3 is 2.29 bits per heavy atom. The second kappa shape index (κ2) is 3.48. The third-order valence-electron chi connectivity index (χ3n) is 2.78. The van der Waals surface area contributed by atoms with E-state index in [4.69, 9.17) is 0 Å². The first-order chi connectivity index (χ1) is 6.38. The van der Waals surface area contributed by atoms with E-state index in [2.05, 4.69) is 0 Å². The molecule has 0 fully saturated rings. The molecule has 3 heteroatoms. The van der Waals surface area contributed by atoms with Crippen molar-refractivity contribution in [1.29, 1.82) is 0 Å². The molecule has 3 nitrogen and oxygen atoms in total. The first-order valence-corrected chi connectivity index (χ1v) is 4.71. The molecule has 0 radical (unpaired) electrons. The fraction of sp³-hybridized carbons (Fsp3) is 0.545. The minimum Gasteiger partial charge on any atom is -0.294 e. The minimum absolute atomic E-state index is 0.207. The van der Waals surface area contributed by atoms with E-state index in [9.17, 15) is 14.4 Å². The summed E-state index contributed by atoms with van der Waals surface area (Å²) in [5.41, 5.74) is 0.178. The summed E-state index contributed by atoms with van der Waals surface area (Å²) in [6, 6.07) is 0. The number of carbonyl (C=O) groups excluding carboxylic acids is 3. The molecule has 1 aliphatic rings. The number of rotatable bonds is 2. The molecule has 0 atom stereocenters. The lowest BCUT2D eigenvalue weighted by Gasteiger charge is -2.26. The largest absolute Gasteiger partial charge is 0.294 e. The summed E-state index contributed by atoms with van der Waals surface area (Å²) < 4.78 is 0. The van der Waals surface area contributed by atoms with E-state index < -0.39 is 11.6 Å². The van der Waals surface area contributed by atoms with Crippen molar-refractivity contribution in [2.75, 3.05) is 0 Å². The molecule has 0 heterocycles. The maximum atomic E-state index is 11.5. The number of hydrogen-bond donors (Lipinski definition) is 0. The van der Waals surface area contributed by atoms with Crippen LogP contribution in [0.2, 0.25) is 0 Å². The van der Waals surface area contributed by atoms with Crippen molar-refractivity contribution in [3.63, 3.8) is 0 Å². The predicted molar refractivity (Wildman–Crippen MR) is 51.8 cm³/mol. The Morgan fingerprint density at radius 1 is 1.21 bits per heavy atom. The van der Waals surface area contributed by atoms with Crippen LogP contribution in [0.3, 0.4) is 0 Å². The Bertz CT molecular complexity index is 334. The number of ketones is 3. The Labute approximate surface area is 83.2 Å². The molecule has 0 amide bonds. The third-order valence-corrected chi connectivity index (χ3v) is 2.78. The van der Waals surface area contributed by atoms with Crippen molar-refractivity contribution in [3.8, 4) is 0 Å². The highest BCUT2D eigenvalue weighted by Crippen LogP contribution is 2.32. The zero-order valence-corrected chi connectivity index (χ0v) is 8.72. The molecular formula is C11H14O3. The van der Waals surface area contributed by atoms with Gasteiger partial charge in [-0.05, 0) is 17.9 Å². The first-order valence-electron chi connectivity index (χ1n) is 4.71. The summed E-state index contributed by atoms with van der Waals surface area (Å²) in [6.45, 7) is 5.76. The molecule has 0 bridgehead atoms. The van der Waals surface area contributed by atoms with Crippen LogP contribution in [0.5, 0.6) is 0 Å². The van der Waals surface area contributed by atoms with Crippen LogP contribution in [0.4, 0.5) is 0 Å². The van der Waals surface area contributed by atoms with Gasteiger partial charge in [-0.1, -0.05) is 20.8 Å². The van der Waals surface area contributed by atoms with Crippen molar-refractivity contribution < 1.29 is 14.4 Å². The second-order valence-corrected chi connectivity index (χ2v) is 4.18. The van der Waals surface area contributed by atoms with Gasteiger partial charge in [0.05, 0.1) is 6.42 Å². The fourth-order valence-corrected chi connectivity index (χ4v) is 1.38. The lowest BCUT2D eigenvalue weighted by molar-refractivity contribution is -0.137. The highest BCUT2D eigenvalue weighted by atomic mass is 16.2. The Hall–Kier alpha value is -1.25. The van der Waals surface area contributed by atoms with Crippen molar-refractivity contribution >= 4 is 17.3 Å². The van der Waals surface area contributed by atoms with Crippen LogP contribution in [-0.2, 0) is 14.4 Å². The smallest absolute Gasteiger partial charge is 0.222 e. The summed E-state index contributed by atoms with van der Waals surface area (Å²) in [7, 11) is 0. The van der Waals surface area contributed by atoms with Crippen LogP contribution in [0.15, 0.2) is 11.6 Å². The molecule has 1 aliphatic carbocycles. The van der Waals surface area contributed by atoms with E-state index in [1.54, 1.807) is 0 Å². The average molecular weight is 194 g/mol. The van der Waals surface area contributed by atoms with E-state index in [1.807, 2.05) is 20.8 Å². The Morgan fingerprint density at radius 2 is 1.79 bits per heavy atom. The van der Waals surface area contributed by atoms with Crippen LogP contribution in [0, 0.1) is 5.41 Å². The normalized spacial score (nSPS) is 18.5. The molecule has 1 rings (SSSR count). The number of Topliss-reactive ketones (excluding diaryl/α,β-unsaturated/α-hetero) is 2. The van der Waals surface area contributed by atoms with Gasteiger partial charge >= 0.3 is 0 Å². The quantitative estimate of drug-likeness (QED) is 0.494. The average Bonchev–Trinajstić information content (AvgIpc) is 2.11. The topological polar surface area (TPSA) is 51.2 Å². The second-order valence-electron chi connectivity index (χ2n) is 4.18. The highest BCUT2D eigenvalue weighted by molar-refractivity contribution is 6.48. The molecule has 76 valence electrons. The van der Waals surface area contributed by atoms with Crippen molar-refractivity contribution in [2.45, 2.75) is 33.6 Å². The molecule has 0 saturated carbocycles. The van der Waals surface area contributed by atoms with E-state index in [0.29, 0.717) is 5.57 Å². The molecule has 0 aromatic rings. The summed E-state index contributed by atoms with van der Waals surface area (Å²) >= 11 is 0. The van der Waals surface area contributed by atoms with E-state index >= 15 is 0 Å². The van der Waals surface area contributed by atoms with Crippen LogP contribution >= 0.6 is 0 Å². The zero-order valence-electron chi connectivity index (χ0n) is 8.72. The molecule has 0 spiro atoms. The number of allylic oxidation sites excluding steroid dienone is 2. The number of carbonyl (C=O) groups is 3. The SMILES string of the molecule is CCC(C)(C)C1=CC(=O)C(=O)CC1=O. The van der Waals surface area contributed by atoms with Gasteiger partial charge in [0.1, 0.15) is 0 Å². The van der Waals surface area contributed by atoms with Gasteiger partial charge < -0.3 is 0 Å². The highest BCUT2D eigenvalue weighted by Gasteiger charge is 2.33. The lowest BCUT2D eigenvalue weighted by atomic mass is 9.76. The van der Waals surface area contributed by atoms with Gasteiger partial charge in [-0.3, -0.25) is 14.4 Å². The van der Waals surface area contributed by atoms with Crippen molar-refractivity contribution in [3.05, 3.63) is 11.6 Å². The minimum atomic E-state index is -0.592. The molecule has 0 aromatic heterocycles. The predicted octanol–water partition coefficient (Wildman–Crippen LogP) is 1.46. The van der Waals surface area contributed by atoms with E-state index in [0.717, 1.165) is 6.42 Å². The Balaban J connectivity index is 3.11. The summed E-state index contributed by atoms with van der Waals surface area (Å²) in [4.78, 5) is 33.6. The van der Waals surface area contributed by atoms with Crippen molar-refractivity contribution in [1.82, 2.24) is 0 Å². The lowest BCUT2D eigenvalue weighted by Crippen LogP contribution is -2.30. The summed E-state index contributed by atoms with van der Waals surface area (Å²) in [5, 5.41) is 0. The Kier molecular flexibility index (Phi) is 2.69. The molecule has 0 unspecified atom stereocenters. The van der Waals surface area contributed by atoms with Gasteiger partial charge in [0.25, 0.3) is 0 Å². The first kappa shape index (κ1) is 10.8. The van der Waals surface area contributed by atoms with Gasteiger partial charge in [0.15, 0.2) is 5.78 Å². The molecule has 0 N–H and O–H groups in total. The van der Waals surface area contributed by atoms with Gasteiger partial charge in [0.2, 0.25) is 11.6 Å². The monoisotopic (exact) mass is 194 g/mol. The molecule has 0 aliphatic heterocycles. The summed E-state index contributed by atoms with van der Waals surface area (Å²) in [6.07, 6.45) is 1.72. The third kappa shape index (κ3) is 1.81. The van der Waals surface area contributed by atoms with Gasteiger partial charge in [0, 0.05) is 5.57 Å². The van der Waals surface area contributed by atoms with Gasteiger partial charge in [-0.15, -0.1) is 0 Å². The van der Waals surface area contributed by atoms with Crippen LogP contribution < -0.4 is 0 Å². The zero-order chi connectivity index (χ0) is 10.9. The van der Waals surface area contributed by atoms with Crippen LogP contribution in [0.25, 0.3) is 0 Å². The van der Waals surface area contributed by atoms with E-state index in [-0.39, 0.29) is 17.6 Å². The molecule has 0 saturated heterocycles. The molecule has 0 aromatic carbocycles. The van der Waals surface area contributed by atoms with Crippen LogP contribution in [-0.4, -0.2) is 17.3 Å². The van der Waals surface area contributed by atoms with E-state index in [1.165, 1.54) is 6.08 Å². The number of hydrogen-bond acceptors (Lipinski definition) is 3.